The Morgan fingerprint density at radius 3 is 2.71 bits per heavy atom. The van der Waals surface area contributed by atoms with Crippen molar-refractivity contribution < 1.29 is 4.79 Å². The lowest BCUT2D eigenvalue weighted by Gasteiger charge is -2.13. The van der Waals surface area contributed by atoms with Crippen molar-refractivity contribution in [2.75, 3.05) is 11.9 Å². The van der Waals surface area contributed by atoms with Crippen LogP contribution >= 0.6 is 11.3 Å². The quantitative estimate of drug-likeness (QED) is 0.672. The molecule has 3 rings (SSSR count). The minimum Gasteiger partial charge on any atom is -0.368 e. The third kappa shape index (κ3) is 3.84. The SMILES string of the molecule is CC(=O)c1ccc(-c2cc(NC[C@H](N)c3ccccc3)ncn2)s1. The molecule has 1 aromatic carbocycles. The molecule has 3 N–H and O–H groups in total. The summed E-state index contributed by atoms with van der Waals surface area (Å²) in [5.74, 6) is 0.775. The van der Waals surface area contributed by atoms with E-state index in [9.17, 15) is 4.79 Å². The maximum absolute atomic E-state index is 11.4. The van der Waals surface area contributed by atoms with Crippen LogP contribution in [0.1, 0.15) is 28.2 Å². The van der Waals surface area contributed by atoms with Gasteiger partial charge in [0.1, 0.15) is 12.1 Å². The number of carbonyl (C=O) groups excluding carboxylic acids is 1. The van der Waals surface area contributed by atoms with Gasteiger partial charge in [0, 0.05) is 18.7 Å². The van der Waals surface area contributed by atoms with Gasteiger partial charge in [0.15, 0.2) is 5.78 Å². The first-order valence-corrected chi connectivity index (χ1v) is 8.43. The fourth-order valence-electron chi connectivity index (χ4n) is 2.29. The van der Waals surface area contributed by atoms with Gasteiger partial charge in [0.25, 0.3) is 0 Å². The lowest BCUT2D eigenvalue weighted by Crippen LogP contribution is -2.20. The molecule has 0 amide bonds. The van der Waals surface area contributed by atoms with Gasteiger partial charge in [-0.1, -0.05) is 30.3 Å². The Bertz CT molecular complexity index is 832. The number of Topliss-reactive ketones (excluding diaryl/α,β-unsaturated/α-hetero) is 1. The molecule has 2 heterocycles. The number of benzene rings is 1. The van der Waals surface area contributed by atoms with Crippen LogP contribution in [-0.2, 0) is 0 Å². The highest BCUT2D eigenvalue weighted by atomic mass is 32.1. The normalized spacial score (nSPS) is 11.9. The molecule has 2 aromatic heterocycles. The molecule has 3 aromatic rings. The lowest BCUT2D eigenvalue weighted by atomic mass is 10.1. The van der Waals surface area contributed by atoms with Crippen LogP contribution in [0.3, 0.4) is 0 Å². The van der Waals surface area contributed by atoms with Gasteiger partial charge in [-0.3, -0.25) is 4.79 Å². The Morgan fingerprint density at radius 1 is 1.21 bits per heavy atom. The smallest absolute Gasteiger partial charge is 0.169 e. The number of nitrogens with two attached hydrogens (primary N) is 1. The molecule has 5 nitrogen and oxygen atoms in total. The van der Waals surface area contributed by atoms with Gasteiger partial charge < -0.3 is 11.1 Å². The van der Waals surface area contributed by atoms with Gasteiger partial charge in [-0.25, -0.2) is 9.97 Å². The van der Waals surface area contributed by atoms with Crippen molar-refractivity contribution in [1.29, 1.82) is 0 Å². The molecule has 0 saturated heterocycles. The number of hydrogen-bond acceptors (Lipinski definition) is 6. The van der Waals surface area contributed by atoms with Gasteiger partial charge in [0.05, 0.1) is 15.4 Å². The topological polar surface area (TPSA) is 80.9 Å². The van der Waals surface area contributed by atoms with E-state index in [1.54, 1.807) is 6.92 Å². The molecule has 0 aliphatic carbocycles. The van der Waals surface area contributed by atoms with Gasteiger partial charge in [0.2, 0.25) is 0 Å². The highest BCUT2D eigenvalue weighted by molar-refractivity contribution is 7.17. The summed E-state index contributed by atoms with van der Waals surface area (Å²) in [5.41, 5.74) is 8.05. The zero-order chi connectivity index (χ0) is 16.9. The van der Waals surface area contributed by atoms with Crippen molar-refractivity contribution >= 4 is 22.9 Å². The monoisotopic (exact) mass is 338 g/mol. The van der Waals surface area contributed by atoms with Crippen molar-refractivity contribution in [3.8, 4) is 10.6 Å². The number of carbonyl (C=O) groups is 1. The van der Waals surface area contributed by atoms with Crippen LogP contribution in [0.25, 0.3) is 10.6 Å². The number of rotatable bonds is 6. The molecule has 0 saturated carbocycles. The van der Waals surface area contributed by atoms with Crippen molar-refractivity contribution in [2.24, 2.45) is 5.73 Å². The molecule has 0 aliphatic heterocycles. The van der Waals surface area contributed by atoms with E-state index in [1.807, 2.05) is 48.5 Å². The van der Waals surface area contributed by atoms with Gasteiger partial charge in [-0.05, 0) is 24.6 Å². The maximum Gasteiger partial charge on any atom is 0.169 e. The van der Waals surface area contributed by atoms with E-state index < -0.39 is 0 Å². The zero-order valence-electron chi connectivity index (χ0n) is 13.3. The van der Waals surface area contributed by atoms with E-state index in [0.717, 1.165) is 21.0 Å². The Labute approximate surface area is 144 Å². The maximum atomic E-state index is 11.4. The molecule has 122 valence electrons. The first kappa shape index (κ1) is 16.3. The van der Waals surface area contributed by atoms with Crippen LogP contribution in [0, 0.1) is 0 Å². The summed E-state index contributed by atoms with van der Waals surface area (Å²) in [6.07, 6.45) is 1.51. The number of ketones is 1. The van der Waals surface area contributed by atoms with Crippen LogP contribution in [0.15, 0.2) is 54.9 Å². The second-order valence-corrected chi connectivity index (χ2v) is 6.49. The lowest BCUT2D eigenvalue weighted by molar-refractivity contribution is 0.102. The van der Waals surface area contributed by atoms with Gasteiger partial charge in [-0.15, -0.1) is 11.3 Å². The highest BCUT2D eigenvalue weighted by Crippen LogP contribution is 2.27. The number of aromatic nitrogens is 2. The molecule has 6 heteroatoms. The number of anilines is 1. The molecule has 0 radical (unpaired) electrons. The van der Waals surface area contributed by atoms with E-state index >= 15 is 0 Å². The standard InChI is InChI=1S/C18H18N4OS/c1-12(23)16-7-8-17(24-16)15-9-18(22-11-21-15)20-10-14(19)13-5-3-2-4-6-13/h2-9,11,14H,10,19H2,1H3,(H,20,21,22)/t14-/m0/s1. The Kier molecular flexibility index (Phi) is 4.98. The molecule has 24 heavy (non-hydrogen) atoms. The van der Waals surface area contributed by atoms with Gasteiger partial charge >= 0.3 is 0 Å². The van der Waals surface area contributed by atoms with Crippen LogP contribution in [0.2, 0.25) is 0 Å². The Hall–Kier alpha value is -2.57. The summed E-state index contributed by atoms with van der Waals surface area (Å²) in [4.78, 5) is 21.6. The fraction of sp³-hybridized carbons (Fsp3) is 0.167. The summed E-state index contributed by atoms with van der Waals surface area (Å²) in [7, 11) is 0. The molecule has 0 fully saturated rings. The summed E-state index contributed by atoms with van der Waals surface area (Å²) in [6.45, 7) is 2.14. The van der Waals surface area contributed by atoms with Crippen molar-refractivity contribution in [3.63, 3.8) is 0 Å². The Balaban J connectivity index is 1.70. The van der Waals surface area contributed by atoms with E-state index in [2.05, 4.69) is 15.3 Å². The summed E-state index contributed by atoms with van der Waals surface area (Å²) in [6, 6.07) is 15.4. The van der Waals surface area contributed by atoms with Crippen LogP contribution in [-0.4, -0.2) is 22.3 Å². The van der Waals surface area contributed by atoms with Crippen molar-refractivity contribution in [3.05, 3.63) is 65.3 Å². The second-order valence-electron chi connectivity index (χ2n) is 5.41. The van der Waals surface area contributed by atoms with E-state index in [1.165, 1.54) is 17.7 Å². The predicted octanol–water partition coefficient (Wildman–Crippen LogP) is 3.52. The van der Waals surface area contributed by atoms with E-state index in [-0.39, 0.29) is 11.8 Å². The number of hydrogen-bond donors (Lipinski definition) is 2. The molecule has 0 spiro atoms. The number of thiophene rings is 1. The van der Waals surface area contributed by atoms with E-state index in [4.69, 9.17) is 5.73 Å². The highest BCUT2D eigenvalue weighted by Gasteiger charge is 2.09. The number of nitrogens with zero attached hydrogens (tertiary/aromatic N) is 2. The molecular formula is C18H18N4OS. The largest absolute Gasteiger partial charge is 0.368 e. The van der Waals surface area contributed by atoms with Crippen molar-refractivity contribution in [1.82, 2.24) is 9.97 Å². The second kappa shape index (κ2) is 7.33. The van der Waals surface area contributed by atoms with Crippen molar-refractivity contribution in [2.45, 2.75) is 13.0 Å². The first-order valence-electron chi connectivity index (χ1n) is 7.61. The minimum atomic E-state index is -0.115. The molecule has 0 unspecified atom stereocenters. The summed E-state index contributed by atoms with van der Waals surface area (Å²) >= 11 is 1.43. The molecular weight excluding hydrogens is 320 g/mol. The van der Waals surface area contributed by atoms with Crippen LogP contribution < -0.4 is 11.1 Å². The fourth-order valence-corrected chi connectivity index (χ4v) is 3.16. The van der Waals surface area contributed by atoms with Crippen LogP contribution in [0.5, 0.6) is 0 Å². The molecule has 0 bridgehead atoms. The average molecular weight is 338 g/mol. The third-order valence-corrected chi connectivity index (χ3v) is 4.81. The Morgan fingerprint density at radius 2 is 2.00 bits per heavy atom. The number of nitrogens with one attached hydrogen (secondary N) is 1. The minimum absolute atomic E-state index is 0.0625. The van der Waals surface area contributed by atoms with Gasteiger partial charge in [-0.2, -0.15) is 0 Å². The predicted molar refractivity (Wildman–Crippen MR) is 97.2 cm³/mol. The average Bonchev–Trinajstić information content (AvgIpc) is 3.11. The third-order valence-electron chi connectivity index (χ3n) is 3.60. The molecule has 0 aliphatic rings. The zero-order valence-corrected chi connectivity index (χ0v) is 14.1. The first-order chi connectivity index (χ1) is 11.6. The van der Waals surface area contributed by atoms with Crippen LogP contribution in [0.4, 0.5) is 5.82 Å². The summed E-state index contributed by atoms with van der Waals surface area (Å²) in [5, 5.41) is 3.24. The molecule has 1 atom stereocenters. The summed E-state index contributed by atoms with van der Waals surface area (Å²) < 4.78 is 0. The van der Waals surface area contributed by atoms with E-state index in [0.29, 0.717) is 12.4 Å².